The summed E-state index contributed by atoms with van der Waals surface area (Å²) in [4.78, 5) is 10.3. The zero-order chi connectivity index (χ0) is 7.98. The normalized spacial score (nSPS) is 12.2. The Morgan fingerprint density at radius 2 is 2.40 bits per heavy atom. The molecule has 1 atom stereocenters. The second-order valence-corrected chi connectivity index (χ2v) is 2.44. The van der Waals surface area contributed by atoms with Gasteiger partial charge in [0.2, 0.25) is 0 Å². The van der Waals surface area contributed by atoms with Gasteiger partial charge >= 0.3 is 6.16 Å². The molecule has 0 aromatic heterocycles. The van der Waals surface area contributed by atoms with Gasteiger partial charge in [0, 0.05) is 10.2 Å². The van der Waals surface area contributed by atoms with Gasteiger partial charge in [0.05, 0.1) is 21.6 Å². The van der Waals surface area contributed by atoms with E-state index in [1.807, 2.05) is 0 Å². The van der Waals surface area contributed by atoms with Gasteiger partial charge in [-0.15, -0.1) is 0 Å². The van der Waals surface area contributed by atoms with Crippen LogP contribution in [-0.2, 0) is 9.47 Å². The second-order valence-electron chi connectivity index (χ2n) is 1.70. The molecular formula is C5H8BO3Si. The van der Waals surface area contributed by atoms with Crippen LogP contribution in [0.1, 0.15) is 6.42 Å². The van der Waals surface area contributed by atoms with E-state index < -0.39 is 6.16 Å². The highest BCUT2D eigenvalue weighted by molar-refractivity contribution is 6.35. The summed E-state index contributed by atoms with van der Waals surface area (Å²) in [5.41, 5.74) is -0.135. The van der Waals surface area contributed by atoms with Crippen molar-refractivity contribution in [2.75, 3.05) is 13.7 Å². The lowest BCUT2D eigenvalue weighted by atomic mass is 10.0. The average molecular weight is 155 g/mol. The Morgan fingerprint density at radius 3 is 2.80 bits per heavy atom. The molecule has 0 heterocycles. The molecule has 0 aromatic rings. The van der Waals surface area contributed by atoms with Gasteiger partial charge in [-0.05, 0) is 6.42 Å². The number of carbonyl (C=O) groups is 1. The summed E-state index contributed by atoms with van der Waals surface area (Å²) in [5.74, 6) is 0. The minimum absolute atomic E-state index is 0.135. The minimum atomic E-state index is -0.674. The summed E-state index contributed by atoms with van der Waals surface area (Å²) in [7, 11) is 9.70. The number of methoxy groups -OCH3 is 1. The van der Waals surface area contributed by atoms with Crippen LogP contribution < -0.4 is 0 Å². The average Bonchev–Trinajstić information content (AvgIpc) is 1.87. The van der Waals surface area contributed by atoms with Crippen LogP contribution in [0.2, 0.25) is 5.44 Å². The van der Waals surface area contributed by atoms with E-state index in [1.165, 1.54) is 7.11 Å². The van der Waals surface area contributed by atoms with Gasteiger partial charge in [-0.1, -0.05) is 5.44 Å². The van der Waals surface area contributed by atoms with Gasteiger partial charge in [0.25, 0.3) is 0 Å². The predicted octanol–water partition coefficient (Wildman–Crippen LogP) is 0.242. The first kappa shape index (κ1) is 9.55. The highest BCUT2D eigenvalue weighted by Crippen LogP contribution is 1.98. The third-order valence-corrected chi connectivity index (χ3v) is 1.10. The van der Waals surface area contributed by atoms with Crippen molar-refractivity contribution >= 4 is 24.2 Å². The zero-order valence-electron chi connectivity index (χ0n) is 5.79. The molecule has 0 aliphatic carbocycles. The number of ether oxygens (including phenoxy) is 2. The van der Waals surface area contributed by atoms with E-state index in [1.54, 1.807) is 0 Å². The SMILES string of the molecule is [B][C@@H]([Si])CCOC(=O)OC. The van der Waals surface area contributed by atoms with Gasteiger partial charge in [0.1, 0.15) is 0 Å². The fourth-order valence-electron chi connectivity index (χ4n) is 0.328. The molecule has 0 aliphatic rings. The maximum atomic E-state index is 10.3. The molecule has 0 amide bonds. The number of carbonyl (C=O) groups excluding carboxylic acids is 1. The minimum Gasteiger partial charge on any atom is -0.438 e. The first-order chi connectivity index (χ1) is 4.66. The van der Waals surface area contributed by atoms with E-state index >= 15 is 0 Å². The van der Waals surface area contributed by atoms with E-state index in [-0.39, 0.29) is 12.0 Å². The lowest BCUT2D eigenvalue weighted by molar-refractivity contribution is 0.0725. The van der Waals surface area contributed by atoms with E-state index in [9.17, 15) is 4.79 Å². The highest BCUT2D eigenvalue weighted by atomic mass is 28.1. The predicted molar refractivity (Wildman–Crippen MR) is 38.2 cm³/mol. The Hall–Kier alpha value is -0.448. The third-order valence-electron chi connectivity index (χ3n) is 0.815. The standard InChI is InChI=1S/C5H8BO3Si/c1-8-5(7)9-3-2-4(6)10/h4H,2-3H2,1H3/t4-/m0/s1. The van der Waals surface area contributed by atoms with Crippen LogP contribution in [0.4, 0.5) is 4.79 Å². The van der Waals surface area contributed by atoms with Crippen molar-refractivity contribution in [3.05, 3.63) is 0 Å². The van der Waals surface area contributed by atoms with Gasteiger partial charge < -0.3 is 9.47 Å². The van der Waals surface area contributed by atoms with Gasteiger partial charge in [0.15, 0.2) is 0 Å². The number of rotatable bonds is 3. The fourth-order valence-corrected chi connectivity index (χ4v) is 0.446. The van der Waals surface area contributed by atoms with E-state index in [2.05, 4.69) is 19.7 Å². The van der Waals surface area contributed by atoms with Gasteiger partial charge in [-0.3, -0.25) is 0 Å². The summed E-state index contributed by atoms with van der Waals surface area (Å²) in [5, 5.41) is 0. The molecule has 0 N–H and O–H groups in total. The lowest BCUT2D eigenvalue weighted by Gasteiger charge is -2.04. The molecule has 5 heteroatoms. The van der Waals surface area contributed by atoms with E-state index in [0.29, 0.717) is 6.42 Å². The van der Waals surface area contributed by atoms with Crippen LogP contribution >= 0.6 is 0 Å². The summed E-state index contributed by atoms with van der Waals surface area (Å²) in [6.45, 7) is 0.275. The molecule has 3 nitrogen and oxygen atoms in total. The summed E-state index contributed by atoms with van der Waals surface area (Å²) in [6.07, 6.45) is -0.0984. The maximum absolute atomic E-state index is 10.3. The Bertz CT molecular complexity index is 107. The summed E-state index contributed by atoms with van der Waals surface area (Å²) in [6, 6.07) is 0. The molecule has 0 aliphatic heterocycles. The van der Waals surface area contributed by atoms with Crippen molar-refractivity contribution in [2.45, 2.75) is 11.9 Å². The van der Waals surface area contributed by atoms with Crippen LogP contribution in [0.25, 0.3) is 0 Å². The van der Waals surface area contributed by atoms with Gasteiger partial charge in [-0.2, -0.15) is 0 Å². The molecule has 0 unspecified atom stereocenters. The molecular weight excluding hydrogens is 147 g/mol. The zero-order valence-corrected chi connectivity index (χ0v) is 6.79. The molecule has 0 saturated carbocycles. The topological polar surface area (TPSA) is 35.5 Å². The second kappa shape index (κ2) is 5.35. The first-order valence-electron chi connectivity index (χ1n) is 2.84. The van der Waals surface area contributed by atoms with Gasteiger partial charge in [-0.25, -0.2) is 4.79 Å². The highest BCUT2D eigenvalue weighted by Gasteiger charge is 1.99. The molecule has 0 spiro atoms. The molecule has 0 bridgehead atoms. The van der Waals surface area contributed by atoms with Crippen molar-refractivity contribution in [1.29, 1.82) is 0 Å². The Labute approximate surface area is 64.9 Å². The Morgan fingerprint density at radius 1 is 1.80 bits per heavy atom. The molecule has 5 radical (unpaired) electrons. The monoisotopic (exact) mass is 155 g/mol. The molecule has 53 valence electrons. The summed E-state index contributed by atoms with van der Waals surface area (Å²) >= 11 is 0. The van der Waals surface area contributed by atoms with Crippen molar-refractivity contribution in [2.24, 2.45) is 0 Å². The lowest BCUT2D eigenvalue weighted by Crippen LogP contribution is -2.07. The van der Waals surface area contributed by atoms with Crippen LogP contribution in [0, 0.1) is 0 Å². The summed E-state index contributed by atoms with van der Waals surface area (Å²) < 4.78 is 8.74. The smallest absolute Gasteiger partial charge is 0.438 e. The Balaban J connectivity index is 3.12. The van der Waals surface area contributed by atoms with Crippen molar-refractivity contribution < 1.29 is 14.3 Å². The molecule has 0 aromatic carbocycles. The molecule has 0 saturated heterocycles. The van der Waals surface area contributed by atoms with Crippen LogP contribution in [-0.4, -0.2) is 38.0 Å². The van der Waals surface area contributed by atoms with Crippen molar-refractivity contribution in [1.82, 2.24) is 0 Å². The number of hydrogen-bond donors (Lipinski definition) is 0. The first-order valence-corrected chi connectivity index (χ1v) is 3.42. The number of hydrogen-bond acceptors (Lipinski definition) is 3. The van der Waals surface area contributed by atoms with Crippen molar-refractivity contribution in [3.63, 3.8) is 0 Å². The van der Waals surface area contributed by atoms with E-state index in [4.69, 9.17) is 7.85 Å². The van der Waals surface area contributed by atoms with Crippen LogP contribution in [0.5, 0.6) is 0 Å². The maximum Gasteiger partial charge on any atom is 0.507 e. The van der Waals surface area contributed by atoms with E-state index in [0.717, 1.165) is 0 Å². The molecule has 10 heavy (non-hydrogen) atoms. The Kier molecular flexibility index (Phi) is 5.11. The van der Waals surface area contributed by atoms with Crippen molar-refractivity contribution in [3.8, 4) is 0 Å². The third kappa shape index (κ3) is 5.68. The molecule has 0 fully saturated rings. The quantitative estimate of drug-likeness (QED) is 0.432. The van der Waals surface area contributed by atoms with Crippen LogP contribution in [0.3, 0.4) is 0 Å². The fraction of sp³-hybridized carbons (Fsp3) is 0.800. The largest absolute Gasteiger partial charge is 0.507 e. The molecule has 0 rings (SSSR count). The van der Waals surface area contributed by atoms with Crippen LogP contribution in [0.15, 0.2) is 0 Å².